The first-order valence-electron chi connectivity index (χ1n) is 10.9. The maximum atomic E-state index is 13.1. The van der Waals surface area contributed by atoms with Crippen molar-refractivity contribution < 1.29 is 43.0 Å². The zero-order valence-electron chi connectivity index (χ0n) is 21.1. The highest BCUT2D eigenvalue weighted by Crippen LogP contribution is 2.41. The molecule has 1 fully saturated rings. The Morgan fingerprint density at radius 1 is 1.24 bits per heavy atom. The summed E-state index contributed by atoms with van der Waals surface area (Å²) in [7, 11) is 2.71. The Morgan fingerprint density at radius 3 is 2.53 bits per heavy atom. The number of carbonyl (C=O) groups excluding carboxylic acids is 4. The molecule has 0 bridgehead atoms. The average molecular weight is 594 g/mol. The van der Waals surface area contributed by atoms with Gasteiger partial charge in [-0.15, -0.1) is 35.5 Å². The molecule has 0 saturated carbocycles. The average Bonchev–Trinajstić information content (AvgIpc) is 3.25. The van der Waals surface area contributed by atoms with Gasteiger partial charge in [0.25, 0.3) is 11.8 Å². The standard InChI is InChI=1S/C21H27N5O9S2.ClH/c1-9(2)33-21(30)35-10(3)34-19(29)15-11(6-31-4)7-36-18-14(17(28)26(15)18)24-16(27)13(25-32-5)12-8-37-20(22)23-12;/h8-10,14,18H,6-7H2,1-5H3,(H2,22,23)(H,24,27);1H/t10?,14-,18-;/m1./s1. The molecule has 3 heterocycles. The summed E-state index contributed by atoms with van der Waals surface area (Å²) < 4.78 is 20.2. The van der Waals surface area contributed by atoms with E-state index in [0.29, 0.717) is 11.3 Å². The molecule has 1 saturated heterocycles. The maximum absolute atomic E-state index is 13.1. The van der Waals surface area contributed by atoms with Crippen LogP contribution in [-0.4, -0.2) is 89.9 Å². The topological polar surface area (TPSA) is 181 Å². The van der Waals surface area contributed by atoms with Gasteiger partial charge in [0.15, 0.2) is 10.8 Å². The summed E-state index contributed by atoms with van der Waals surface area (Å²) in [5.74, 6) is -1.81. The number of thiazole rings is 1. The van der Waals surface area contributed by atoms with Crippen molar-refractivity contribution in [3.63, 3.8) is 0 Å². The van der Waals surface area contributed by atoms with Crippen LogP contribution in [0.25, 0.3) is 0 Å². The Morgan fingerprint density at radius 2 is 1.95 bits per heavy atom. The van der Waals surface area contributed by atoms with E-state index in [1.807, 2.05) is 0 Å². The fraction of sp³-hybridized carbons (Fsp3) is 0.524. The number of ether oxygens (including phenoxy) is 4. The first-order valence-corrected chi connectivity index (χ1v) is 12.9. The van der Waals surface area contributed by atoms with Gasteiger partial charge < -0.3 is 34.8 Å². The quantitative estimate of drug-likeness (QED) is 0.130. The molecule has 2 aliphatic heterocycles. The second-order valence-electron chi connectivity index (χ2n) is 7.95. The summed E-state index contributed by atoms with van der Waals surface area (Å²) in [6.45, 7) is 4.68. The van der Waals surface area contributed by atoms with E-state index in [-0.39, 0.29) is 41.2 Å². The molecular weight excluding hydrogens is 566 g/mol. The molecule has 1 unspecified atom stereocenters. The van der Waals surface area contributed by atoms with Gasteiger partial charge in [-0.25, -0.2) is 14.6 Å². The Bertz CT molecular complexity index is 1130. The monoisotopic (exact) mass is 593 g/mol. The smallest absolute Gasteiger partial charge is 0.431 e. The lowest BCUT2D eigenvalue weighted by Crippen LogP contribution is -2.71. The van der Waals surface area contributed by atoms with Crippen LogP contribution < -0.4 is 11.1 Å². The van der Waals surface area contributed by atoms with E-state index in [4.69, 9.17) is 29.5 Å². The van der Waals surface area contributed by atoms with Gasteiger partial charge in [0, 0.05) is 25.2 Å². The number of nitrogens with one attached hydrogen (secondary N) is 1. The third-order valence-electron chi connectivity index (χ3n) is 4.88. The predicted molar refractivity (Wildman–Crippen MR) is 140 cm³/mol. The van der Waals surface area contributed by atoms with E-state index < -0.39 is 47.7 Å². The first kappa shape index (κ1) is 31.1. The Hall–Kier alpha value is -3.08. The van der Waals surface area contributed by atoms with Crippen molar-refractivity contribution in [2.24, 2.45) is 5.16 Å². The number of thioether (sulfide) groups is 1. The van der Waals surface area contributed by atoms with Crippen LogP contribution in [0.3, 0.4) is 0 Å². The molecule has 3 rings (SSSR count). The number of halogens is 1. The molecule has 0 radical (unpaired) electrons. The van der Waals surface area contributed by atoms with E-state index in [2.05, 4.69) is 15.5 Å². The van der Waals surface area contributed by atoms with Crippen LogP contribution in [0.4, 0.5) is 9.93 Å². The lowest BCUT2D eigenvalue weighted by atomic mass is 10.0. The minimum Gasteiger partial charge on any atom is -0.431 e. The number of rotatable bonds is 10. The molecule has 0 spiro atoms. The van der Waals surface area contributed by atoms with Crippen molar-refractivity contribution in [2.75, 3.05) is 32.3 Å². The van der Waals surface area contributed by atoms with Crippen molar-refractivity contribution in [2.45, 2.75) is 44.6 Å². The van der Waals surface area contributed by atoms with Crippen LogP contribution in [-0.2, 0) is 38.2 Å². The highest BCUT2D eigenvalue weighted by Gasteiger charge is 2.55. The molecule has 2 amide bonds. The van der Waals surface area contributed by atoms with Crippen molar-refractivity contribution in [1.29, 1.82) is 0 Å². The van der Waals surface area contributed by atoms with Crippen LogP contribution in [0.15, 0.2) is 21.8 Å². The second kappa shape index (κ2) is 13.6. The van der Waals surface area contributed by atoms with Gasteiger partial charge in [-0.1, -0.05) is 5.16 Å². The van der Waals surface area contributed by atoms with Crippen LogP contribution in [0.5, 0.6) is 0 Å². The number of nitrogens with zero attached hydrogens (tertiary/aromatic N) is 3. The van der Waals surface area contributed by atoms with Crippen molar-refractivity contribution in [1.82, 2.24) is 15.2 Å². The molecule has 1 aromatic rings. The summed E-state index contributed by atoms with van der Waals surface area (Å²) in [5.41, 5.74) is 6.15. The van der Waals surface area contributed by atoms with E-state index in [0.717, 1.165) is 11.3 Å². The summed E-state index contributed by atoms with van der Waals surface area (Å²) in [4.78, 5) is 60.8. The molecule has 1 aromatic heterocycles. The molecule has 0 aliphatic carbocycles. The third-order valence-corrected chi connectivity index (χ3v) is 6.89. The van der Waals surface area contributed by atoms with Gasteiger partial charge >= 0.3 is 12.1 Å². The second-order valence-corrected chi connectivity index (χ2v) is 9.94. The summed E-state index contributed by atoms with van der Waals surface area (Å²) >= 11 is 2.45. The molecule has 14 nitrogen and oxygen atoms in total. The predicted octanol–water partition coefficient (Wildman–Crippen LogP) is 1.25. The van der Waals surface area contributed by atoms with Gasteiger partial charge in [-0.2, -0.15) is 0 Å². The zero-order valence-corrected chi connectivity index (χ0v) is 23.6. The molecule has 0 aromatic carbocycles. The number of fused-ring (bicyclic) bond motifs is 1. The number of hydrogen-bond donors (Lipinski definition) is 2. The fourth-order valence-electron chi connectivity index (χ4n) is 3.45. The molecule has 2 aliphatic rings. The number of carbonyl (C=O) groups is 4. The van der Waals surface area contributed by atoms with Crippen molar-refractivity contribution >= 4 is 70.3 Å². The number of hydrogen-bond acceptors (Lipinski definition) is 14. The van der Waals surface area contributed by atoms with E-state index in [9.17, 15) is 19.2 Å². The molecule has 17 heteroatoms. The van der Waals surface area contributed by atoms with Crippen LogP contribution >= 0.6 is 35.5 Å². The number of methoxy groups -OCH3 is 1. The largest absolute Gasteiger partial charge is 0.511 e. The lowest BCUT2D eigenvalue weighted by molar-refractivity contribution is -0.169. The Labute approximate surface area is 232 Å². The first-order chi connectivity index (χ1) is 17.6. The highest BCUT2D eigenvalue weighted by atomic mass is 35.5. The minimum absolute atomic E-state index is 0. The normalized spacial score (nSPS) is 19.6. The van der Waals surface area contributed by atoms with Gasteiger partial charge in [0.05, 0.1) is 12.7 Å². The third kappa shape index (κ3) is 7.06. The zero-order chi connectivity index (χ0) is 27.3. The molecular formula is C21H28ClN5O9S2. The van der Waals surface area contributed by atoms with Crippen LogP contribution in [0.2, 0.25) is 0 Å². The highest BCUT2D eigenvalue weighted by molar-refractivity contribution is 8.00. The number of oxime groups is 1. The number of esters is 1. The number of amides is 2. The van der Waals surface area contributed by atoms with Gasteiger partial charge in [-0.3, -0.25) is 14.5 Å². The Balaban J connectivity index is 0.00000507. The lowest BCUT2D eigenvalue weighted by Gasteiger charge is -2.49. The fourth-order valence-corrected chi connectivity index (χ4v) is 5.32. The van der Waals surface area contributed by atoms with Gasteiger partial charge in [-0.05, 0) is 19.4 Å². The minimum atomic E-state index is -1.28. The number of aromatic nitrogens is 1. The number of anilines is 1. The number of nitrogen functional groups attached to an aromatic ring is 1. The van der Waals surface area contributed by atoms with E-state index in [1.165, 1.54) is 43.2 Å². The summed E-state index contributed by atoms with van der Waals surface area (Å²) in [6, 6.07) is -0.961. The van der Waals surface area contributed by atoms with Crippen LogP contribution in [0, 0.1) is 0 Å². The number of nitrogens with two attached hydrogens (primary N) is 1. The number of β-lactam (4-membered cyclic amide) rings is 1. The molecule has 38 heavy (non-hydrogen) atoms. The summed E-state index contributed by atoms with van der Waals surface area (Å²) in [5, 5.41) is 7.49. The van der Waals surface area contributed by atoms with Crippen molar-refractivity contribution in [3.05, 3.63) is 22.3 Å². The maximum Gasteiger partial charge on any atom is 0.511 e. The van der Waals surface area contributed by atoms with E-state index >= 15 is 0 Å². The summed E-state index contributed by atoms with van der Waals surface area (Å²) in [6.07, 6.45) is -2.71. The molecule has 3 atom stereocenters. The van der Waals surface area contributed by atoms with E-state index in [1.54, 1.807) is 13.8 Å². The van der Waals surface area contributed by atoms with Gasteiger partial charge in [0.1, 0.15) is 29.9 Å². The van der Waals surface area contributed by atoms with Crippen molar-refractivity contribution in [3.8, 4) is 0 Å². The SMILES string of the molecule is COCC1=C(C(=O)OC(C)OC(=O)OC(C)C)N2C(=O)[C@@H](NC(=O)C(=NOC)c3csc(N)n3)[C@H]2SC1.Cl. The van der Waals surface area contributed by atoms with Crippen LogP contribution in [0.1, 0.15) is 26.5 Å². The Kier molecular flexibility index (Phi) is 11.2. The molecule has 210 valence electrons. The van der Waals surface area contributed by atoms with Gasteiger partial charge in [0.2, 0.25) is 6.29 Å². The molecule has 3 N–H and O–H groups in total.